The lowest BCUT2D eigenvalue weighted by atomic mass is 10.0. The molecule has 0 bridgehead atoms. The molecule has 0 aliphatic carbocycles. The highest BCUT2D eigenvalue weighted by atomic mass is 16.5. The zero-order chi connectivity index (χ0) is 63.5. The van der Waals surface area contributed by atoms with Crippen LogP contribution in [0.25, 0.3) is 0 Å². The number of nitrogens with one attached hydrogen (secondary N) is 1. The van der Waals surface area contributed by atoms with Gasteiger partial charge in [-0.15, -0.1) is 0 Å². The molecule has 0 aromatic carbocycles. The van der Waals surface area contributed by atoms with E-state index in [4.69, 9.17) is 4.74 Å². The molecule has 0 aromatic rings. The molecule has 0 radical (unpaired) electrons. The zero-order valence-electron chi connectivity index (χ0n) is 60.0. The monoisotopic (exact) mass is 1240 g/mol. The van der Waals surface area contributed by atoms with Crippen molar-refractivity contribution in [2.24, 2.45) is 0 Å². The number of aliphatic hydroxyl groups is 2. The molecule has 88 heavy (non-hydrogen) atoms. The molecule has 0 aliphatic heterocycles. The first kappa shape index (κ1) is 86.3. The van der Waals surface area contributed by atoms with Crippen molar-refractivity contribution in [1.29, 1.82) is 0 Å². The molecule has 0 spiro atoms. The maximum atomic E-state index is 12.6. The summed E-state index contributed by atoms with van der Waals surface area (Å²) in [7, 11) is 0. The Labute approximate surface area is 551 Å². The highest BCUT2D eigenvalue weighted by Gasteiger charge is 2.20. The van der Waals surface area contributed by atoms with Gasteiger partial charge in [0.05, 0.1) is 25.4 Å². The van der Waals surface area contributed by atoms with Crippen LogP contribution in [0, 0.1) is 0 Å². The zero-order valence-corrected chi connectivity index (χ0v) is 60.0. The van der Waals surface area contributed by atoms with E-state index in [0.29, 0.717) is 25.9 Å². The van der Waals surface area contributed by atoms with Crippen molar-refractivity contribution < 1.29 is 24.5 Å². The highest BCUT2D eigenvalue weighted by molar-refractivity contribution is 5.76. The molecule has 0 saturated heterocycles. The van der Waals surface area contributed by atoms with Crippen LogP contribution in [0.5, 0.6) is 0 Å². The van der Waals surface area contributed by atoms with Crippen LogP contribution < -0.4 is 5.32 Å². The van der Waals surface area contributed by atoms with Gasteiger partial charge in [-0.25, -0.2) is 0 Å². The number of rotatable bonds is 77. The van der Waals surface area contributed by atoms with Crippen LogP contribution >= 0.6 is 0 Å². The summed E-state index contributed by atoms with van der Waals surface area (Å²) in [6, 6.07) is -0.539. The Morgan fingerprint density at radius 3 is 0.875 bits per heavy atom. The normalized spacial score (nSPS) is 12.5. The van der Waals surface area contributed by atoms with Gasteiger partial charge in [-0.3, -0.25) is 9.59 Å². The number of hydrogen-bond acceptors (Lipinski definition) is 5. The molecule has 6 nitrogen and oxygen atoms in total. The fraction of sp³-hybridized carbons (Fsp3) is 0.927. The SMILES string of the molecule is CCCCCC/C=C\C/C=C\CCCCCCCCCC(=O)OCCCCCCCCCCCCCCCCCCCCCCCCCCCCCCCCCCC(=O)NC(CO)C(O)CCCCCCCCCCCCCCCCCCCCCCC. The number of carbonyl (C=O) groups is 2. The van der Waals surface area contributed by atoms with E-state index < -0.39 is 12.1 Å². The fourth-order valence-electron chi connectivity index (χ4n) is 13.1. The predicted octanol–water partition coefficient (Wildman–Crippen LogP) is 26.8. The Hall–Kier alpha value is -1.66. The van der Waals surface area contributed by atoms with Crippen LogP contribution in [-0.2, 0) is 14.3 Å². The number of esters is 1. The number of amides is 1. The second-order valence-corrected chi connectivity index (χ2v) is 28.1. The van der Waals surface area contributed by atoms with Crippen molar-refractivity contribution in [3.63, 3.8) is 0 Å². The van der Waals surface area contributed by atoms with Gasteiger partial charge in [0, 0.05) is 12.8 Å². The van der Waals surface area contributed by atoms with Gasteiger partial charge in [-0.1, -0.05) is 417 Å². The van der Waals surface area contributed by atoms with E-state index in [-0.39, 0.29) is 18.5 Å². The number of carbonyl (C=O) groups excluding carboxylic acids is 2. The van der Waals surface area contributed by atoms with Crippen molar-refractivity contribution in [1.82, 2.24) is 5.32 Å². The summed E-state index contributed by atoms with van der Waals surface area (Å²) < 4.78 is 5.51. The van der Waals surface area contributed by atoms with Crippen molar-refractivity contribution in [3.8, 4) is 0 Å². The molecule has 0 rings (SSSR count). The smallest absolute Gasteiger partial charge is 0.305 e. The average Bonchev–Trinajstić information content (AvgIpc) is 3.55. The van der Waals surface area contributed by atoms with Gasteiger partial charge < -0.3 is 20.3 Å². The molecule has 0 saturated carbocycles. The van der Waals surface area contributed by atoms with E-state index in [2.05, 4.69) is 43.5 Å². The molecule has 0 heterocycles. The fourth-order valence-corrected chi connectivity index (χ4v) is 13.1. The molecule has 522 valence electrons. The molecule has 1 amide bonds. The maximum Gasteiger partial charge on any atom is 0.305 e. The van der Waals surface area contributed by atoms with E-state index >= 15 is 0 Å². The summed E-state index contributed by atoms with van der Waals surface area (Å²) in [5.41, 5.74) is 0. The number of allylic oxidation sites excluding steroid dienone is 4. The molecule has 0 fully saturated rings. The minimum absolute atomic E-state index is 0.0150. The Bertz CT molecular complexity index is 1380. The van der Waals surface area contributed by atoms with E-state index in [0.717, 1.165) is 51.4 Å². The summed E-state index contributed by atoms with van der Waals surface area (Å²) in [6.07, 6.45) is 99.9. The van der Waals surface area contributed by atoms with Crippen LogP contribution in [0.4, 0.5) is 0 Å². The second-order valence-electron chi connectivity index (χ2n) is 28.1. The highest BCUT2D eigenvalue weighted by Crippen LogP contribution is 2.20. The summed E-state index contributed by atoms with van der Waals surface area (Å²) in [5.74, 6) is -0.0100. The minimum atomic E-state index is -0.662. The van der Waals surface area contributed by atoms with E-state index in [1.54, 1.807) is 0 Å². The van der Waals surface area contributed by atoms with Gasteiger partial charge in [-0.05, 0) is 57.8 Å². The Kier molecular flexibility index (Phi) is 76.3. The molecule has 2 unspecified atom stereocenters. The molecule has 0 aromatic heterocycles. The van der Waals surface area contributed by atoms with Crippen LogP contribution in [0.3, 0.4) is 0 Å². The standard InChI is InChI=1S/C82H159NO5/c1-3-5-7-9-11-13-15-17-19-21-23-36-39-42-46-50-54-58-62-66-70-74-80(85)79(78-84)83-81(86)75-71-67-63-59-55-51-47-43-40-37-34-32-30-28-26-24-25-27-29-31-33-35-38-41-45-49-53-57-61-65-69-73-77-88-82(87)76-72-68-64-60-56-52-48-44-22-20-18-16-14-12-10-8-6-4-2/h14,16,20,22,79-80,84-85H,3-13,15,17-19,21,23-78H2,1-2H3,(H,83,86)/b16-14-,22-20-. The minimum Gasteiger partial charge on any atom is -0.466 e. The maximum absolute atomic E-state index is 12.6. The molecular formula is C82H159NO5. The molecular weight excluding hydrogens is 1080 g/mol. The number of unbranched alkanes of at least 4 members (excludes halogenated alkanes) is 62. The largest absolute Gasteiger partial charge is 0.466 e. The lowest BCUT2D eigenvalue weighted by molar-refractivity contribution is -0.143. The Balaban J connectivity index is 3.32. The van der Waals surface area contributed by atoms with Crippen molar-refractivity contribution in [3.05, 3.63) is 24.3 Å². The number of ether oxygens (including phenoxy) is 1. The Morgan fingerprint density at radius 1 is 0.318 bits per heavy atom. The van der Waals surface area contributed by atoms with Crippen molar-refractivity contribution in [2.75, 3.05) is 13.2 Å². The van der Waals surface area contributed by atoms with E-state index in [1.807, 2.05) is 0 Å². The van der Waals surface area contributed by atoms with Crippen LogP contribution in [0.1, 0.15) is 463 Å². The predicted molar refractivity (Wildman–Crippen MR) is 389 cm³/mol. The lowest BCUT2D eigenvalue weighted by Crippen LogP contribution is -2.45. The van der Waals surface area contributed by atoms with Gasteiger partial charge >= 0.3 is 5.97 Å². The van der Waals surface area contributed by atoms with Gasteiger partial charge in [0.2, 0.25) is 5.91 Å². The first-order chi connectivity index (χ1) is 43.5. The van der Waals surface area contributed by atoms with Crippen LogP contribution in [-0.4, -0.2) is 47.4 Å². The van der Waals surface area contributed by atoms with Crippen LogP contribution in [0.2, 0.25) is 0 Å². The first-order valence-corrected chi connectivity index (χ1v) is 40.6. The molecule has 3 N–H and O–H groups in total. The topological polar surface area (TPSA) is 95.9 Å². The summed E-state index contributed by atoms with van der Waals surface area (Å²) >= 11 is 0. The quantitative estimate of drug-likeness (QED) is 0.0320. The number of aliphatic hydroxyl groups excluding tert-OH is 2. The van der Waals surface area contributed by atoms with Crippen molar-refractivity contribution in [2.45, 2.75) is 475 Å². The van der Waals surface area contributed by atoms with Crippen LogP contribution in [0.15, 0.2) is 24.3 Å². The average molecular weight is 1240 g/mol. The van der Waals surface area contributed by atoms with Gasteiger partial charge in [-0.2, -0.15) is 0 Å². The van der Waals surface area contributed by atoms with E-state index in [1.165, 1.54) is 379 Å². The first-order valence-electron chi connectivity index (χ1n) is 40.6. The summed E-state index contributed by atoms with van der Waals surface area (Å²) in [6.45, 7) is 4.99. The third-order valence-electron chi connectivity index (χ3n) is 19.3. The Morgan fingerprint density at radius 2 is 0.568 bits per heavy atom. The van der Waals surface area contributed by atoms with E-state index in [9.17, 15) is 19.8 Å². The second kappa shape index (κ2) is 77.8. The molecule has 2 atom stereocenters. The third-order valence-corrected chi connectivity index (χ3v) is 19.3. The van der Waals surface area contributed by atoms with Gasteiger partial charge in [0.25, 0.3) is 0 Å². The van der Waals surface area contributed by atoms with Crippen molar-refractivity contribution >= 4 is 11.9 Å². The number of hydrogen-bond donors (Lipinski definition) is 3. The molecule has 0 aliphatic rings. The summed E-state index contributed by atoms with van der Waals surface area (Å²) in [5, 5.41) is 23.5. The van der Waals surface area contributed by atoms with Gasteiger partial charge in [0.1, 0.15) is 0 Å². The van der Waals surface area contributed by atoms with Gasteiger partial charge in [0.15, 0.2) is 0 Å². The third kappa shape index (κ3) is 73.4. The lowest BCUT2D eigenvalue weighted by Gasteiger charge is -2.22. The molecule has 6 heteroatoms. The summed E-state index contributed by atoms with van der Waals surface area (Å²) in [4.78, 5) is 24.7.